The molecular formula is C26H29N3O3. The monoisotopic (exact) mass is 431 g/mol. The minimum atomic E-state index is -1.35. The van der Waals surface area contributed by atoms with E-state index in [0.717, 1.165) is 31.2 Å². The van der Waals surface area contributed by atoms with Crippen molar-refractivity contribution in [2.24, 2.45) is 0 Å². The summed E-state index contributed by atoms with van der Waals surface area (Å²) in [5.74, 6) is -0.933. The number of rotatable bonds is 4. The first-order chi connectivity index (χ1) is 15.5. The van der Waals surface area contributed by atoms with Gasteiger partial charge in [0.05, 0.1) is 17.8 Å². The molecule has 0 spiro atoms. The number of para-hydroxylation sites is 2. The van der Waals surface area contributed by atoms with Crippen molar-refractivity contribution in [1.82, 2.24) is 5.32 Å². The Morgan fingerprint density at radius 3 is 2.47 bits per heavy atom. The number of anilines is 2. The predicted molar refractivity (Wildman–Crippen MR) is 126 cm³/mol. The zero-order chi connectivity index (χ0) is 22.6. The molecule has 1 unspecified atom stereocenters. The second kappa shape index (κ2) is 9.39. The maximum Gasteiger partial charge on any atom is 0.252 e. The van der Waals surface area contributed by atoms with Gasteiger partial charge in [-0.15, -0.1) is 0 Å². The largest absolute Gasteiger partial charge is 0.351 e. The molecule has 1 fully saturated rings. The highest BCUT2D eigenvalue weighted by Gasteiger charge is 2.47. The van der Waals surface area contributed by atoms with Crippen LogP contribution in [-0.4, -0.2) is 29.3 Å². The molecule has 3 amide bonds. The average Bonchev–Trinajstić information content (AvgIpc) is 2.92. The number of amides is 3. The van der Waals surface area contributed by atoms with E-state index >= 15 is 0 Å². The second-order valence-electron chi connectivity index (χ2n) is 8.74. The fourth-order valence-corrected chi connectivity index (χ4v) is 4.56. The Hall–Kier alpha value is -3.41. The Labute approximate surface area is 188 Å². The molecule has 0 radical (unpaired) electrons. The van der Waals surface area contributed by atoms with Crippen molar-refractivity contribution < 1.29 is 14.4 Å². The number of nitrogens with zero attached hydrogens (tertiary/aromatic N) is 1. The van der Waals surface area contributed by atoms with Gasteiger partial charge < -0.3 is 10.6 Å². The maximum absolute atomic E-state index is 13.6. The smallest absolute Gasteiger partial charge is 0.252 e. The quantitative estimate of drug-likeness (QED) is 0.709. The van der Waals surface area contributed by atoms with Gasteiger partial charge >= 0.3 is 0 Å². The summed E-state index contributed by atoms with van der Waals surface area (Å²) in [7, 11) is 0. The fraction of sp³-hybridized carbons (Fsp3) is 0.346. The lowest BCUT2D eigenvalue weighted by Crippen LogP contribution is -2.61. The molecule has 4 rings (SSSR count). The summed E-state index contributed by atoms with van der Waals surface area (Å²) in [4.78, 5) is 41.3. The number of carbonyl (C=O) groups excluding carboxylic acids is 3. The molecule has 6 heteroatoms. The molecule has 32 heavy (non-hydrogen) atoms. The molecule has 1 aliphatic heterocycles. The van der Waals surface area contributed by atoms with E-state index in [1.165, 1.54) is 17.4 Å². The van der Waals surface area contributed by atoms with Crippen molar-refractivity contribution in [3.8, 4) is 0 Å². The van der Waals surface area contributed by atoms with E-state index in [2.05, 4.69) is 10.6 Å². The molecule has 2 aromatic rings. The lowest BCUT2D eigenvalue weighted by molar-refractivity contribution is -0.132. The number of benzene rings is 2. The van der Waals surface area contributed by atoms with E-state index in [1.807, 2.05) is 30.3 Å². The van der Waals surface area contributed by atoms with Crippen LogP contribution in [0.5, 0.6) is 0 Å². The topological polar surface area (TPSA) is 78.5 Å². The molecule has 1 saturated carbocycles. The third-order valence-electron chi connectivity index (χ3n) is 6.29. The van der Waals surface area contributed by atoms with Gasteiger partial charge in [-0.05, 0) is 43.5 Å². The van der Waals surface area contributed by atoms with Crippen LogP contribution in [0.1, 0.15) is 51.0 Å². The van der Waals surface area contributed by atoms with Crippen LogP contribution < -0.4 is 15.5 Å². The first-order valence-electron chi connectivity index (χ1n) is 11.2. The van der Waals surface area contributed by atoms with Gasteiger partial charge in [-0.1, -0.05) is 61.7 Å². The number of carbonyl (C=O) groups is 3. The van der Waals surface area contributed by atoms with Crippen LogP contribution in [0.3, 0.4) is 0 Å². The van der Waals surface area contributed by atoms with Crippen molar-refractivity contribution in [3.05, 3.63) is 66.2 Å². The molecule has 1 aliphatic carbocycles. The van der Waals surface area contributed by atoms with Gasteiger partial charge in [-0.3, -0.25) is 19.3 Å². The summed E-state index contributed by atoms with van der Waals surface area (Å²) in [5, 5.41) is 5.99. The van der Waals surface area contributed by atoms with Gasteiger partial charge in [0.15, 0.2) is 0 Å². The van der Waals surface area contributed by atoms with Crippen LogP contribution in [0.4, 0.5) is 11.4 Å². The molecule has 166 valence electrons. The SMILES string of the molecule is CC1(C(=O)NC2CCCCC2)CC(=O)Nc2ccccc2N1C(=O)/C=C/c1ccccc1. The highest BCUT2D eigenvalue weighted by Crippen LogP contribution is 2.37. The Morgan fingerprint density at radius 1 is 1.03 bits per heavy atom. The zero-order valence-electron chi connectivity index (χ0n) is 18.3. The van der Waals surface area contributed by atoms with Gasteiger partial charge in [0.1, 0.15) is 5.54 Å². The molecule has 6 nitrogen and oxygen atoms in total. The molecule has 0 saturated heterocycles. The zero-order valence-corrected chi connectivity index (χ0v) is 18.3. The summed E-state index contributed by atoms with van der Waals surface area (Å²) < 4.78 is 0. The summed E-state index contributed by atoms with van der Waals surface area (Å²) in [5.41, 5.74) is 0.564. The average molecular weight is 432 g/mol. The summed E-state index contributed by atoms with van der Waals surface area (Å²) >= 11 is 0. The fourth-order valence-electron chi connectivity index (χ4n) is 4.56. The highest BCUT2D eigenvalue weighted by molar-refractivity contribution is 6.15. The number of nitrogens with one attached hydrogen (secondary N) is 2. The molecule has 1 heterocycles. The van der Waals surface area contributed by atoms with Crippen molar-refractivity contribution in [2.75, 3.05) is 10.2 Å². The van der Waals surface area contributed by atoms with E-state index in [4.69, 9.17) is 0 Å². The molecule has 0 bridgehead atoms. The van der Waals surface area contributed by atoms with Crippen molar-refractivity contribution in [2.45, 2.75) is 57.0 Å². The summed E-state index contributed by atoms with van der Waals surface area (Å²) in [6.45, 7) is 1.68. The summed E-state index contributed by atoms with van der Waals surface area (Å²) in [6, 6.07) is 16.7. The predicted octanol–water partition coefficient (Wildman–Crippen LogP) is 4.28. The maximum atomic E-state index is 13.6. The molecule has 1 atom stereocenters. The number of fused-ring (bicyclic) bond motifs is 1. The Morgan fingerprint density at radius 2 is 1.72 bits per heavy atom. The first kappa shape index (κ1) is 21.8. The minimum absolute atomic E-state index is 0.0754. The Kier molecular flexibility index (Phi) is 6.40. The first-order valence-corrected chi connectivity index (χ1v) is 11.2. The van der Waals surface area contributed by atoms with Crippen LogP contribution in [0.25, 0.3) is 6.08 Å². The lowest BCUT2D eigenvalue weighted by atomic mass is 9.90. The van der Waals surface area contributed by atoms with Crippen LogP contribution >= 0.6 is 0 Å². The third-order valence-corrected chi connectivity index (χ3v) is 6.29. The molecule has 2 aliphatic rings. The molecule has 2 aromatic carbocycles. The van der Waals surface area contributed by atoms with E-state index in [9.17, 15) is 14.4 Å². The number of hydrogen-bond donors (Lipinski definition) is 2. The summed E-state index contributed by atoms with van der Waals surface area (Å²) in [6.07, 6.45) is 8.25. The van der Waals surface area contributed by atoms with Crippen LogP contribution in [0.15, 0.2) is 60.7 Å². The minimum Gasteiger partial charge on any atom is -0.351 e. The normalized spacial score (nSPS) is 21.5. The van der Waals surface area contributed by atoms with E-state index < -0.39 is 5.54 Å². The van der Waals surface area contributed by atoms with E-state index in [0.29, 0.717) is 11.4 Å². The van der Waals surface area contributed by atoms with Gasteiger partial charge in [0.2, 0.25) is 11.8 Å². The lowest BCUT2D eigenvalue weighted by Gasteiger charge is -2.39. The van der Waals surface area contributed by atoms with Crippen LogP contribution in [0.2, 0.25) is 0 Å². The van der Waals surface area contributed by atoms with E-state index in [-0.39, 0.29) is 30.2 Å². The van der Waals surface area contributed by atoms with Crippen LogP contribution in [0, 0.1) is 0 Å². The van der Waals surface area contributed by atoms with Gasteiger partial charge in [-0.2, -0.15) is 0 Å². The highest BCUT2D eigenvalue weighted by atomic mass is 16.2. The molecule has 0 aromatic heterocycles. The van der Waals surface area contributed by atoms with Crippen LogP contribution in [-0.2, 0) is 14.4 Å². The number of hydrogen-bond acceptors (Lipinski definition) is 3. The van der Waals surface area contributed by atoms with Crippen molar-refractivity contribution in [1.29, 1.82) is 0 Å². The van der Waals surface area contributed by atoms with Crippen molar-refractivity contribution in [3.63, 3.8) is 0 Å². The third kappa shape index (κ3) is 4.59. The Bertz CT molecular complexity index is 1030. The van der Waals surface area contributed by atoms with Gasteiger partial charge in [0, 0.05) is 12.1 Å². The molecule has 2 N–H and O–H groups in total. The van der Waals surface area contributed by atoms with Gasteiger partial charge in [0.25, 0.3) is 5.91 Å². The second-order valence-corrected chi connectivity index (χ2v) is 8.74. The van der Waals surface area contributed by atoms with E-state index in [1.54, 1.807) is 37.3 Å². The van der Waals surface area contributed by atoms with Crippen molar-refractivity contribution >= 4 is 35.2 Å². The standard InChI is InChI=1S/C26H29N3O3/c1-26(25(32)27-20-12-6-3-7-13-20)18-23(30)28-21-14-8-9-15-22(21)29(26)24(31)17-16-19-10-4-2-5-11-19/h2,4-5,8-11,14-17,20H,3,6-7,12-13,18H2,1H3,(H,27,32)(H,28,30)/b17-16+. The van der Waals surface area contributed by atoms with Gasteiger partial charge in [-0.25, -0.2) is 0 Å². The Balaban J connectivity index is 1.71. The molecular weight excluding hydrogens is 402 g/mol.